The summed E-state index contributed by atoms with van der Waals surface area (Å²) in [6, 6.07) is 8.45. The number of morpholine rings is 1. The van der Waals surface area contributed by atoms with Crippen LogP contribution in [-0.2, 0) is 11.2 Å². The van der Waals surface area contributed by atoms with Gasteiger partial charge in [0.25, 0.3) is 0 Å². The van der Waals surface area contributed by atoms with E-state index < -0.39 is 0 Å². The summed E-state index contributed by atoms with van der Waals surface area (Å²) < 4.78 is 5.74. The molecule has 1 aromatic rings. The van der Waals surface area contributed by atoms with Gasteiger partial charge in [0.15, 0.2) is 0 Å². The maximum Gasteiger partial charge on any atom is 0.0951 e. The second kappa shape index (κ2) is 4.34. The van der Waals surface area contributed by atoms with Crippen molar-refractivity contribution in [3.05, 3.63) is 35.4 Å². The second-order valence-electron chi connectivity index (χ2n) is 5.99. The largest absolute Gasteiger partial charge is 0.387 e. The third-order valence-electron chi connectivity index (χ3n) is 4.09. The van der Waals surface area contributed by atoms with E-state index in [9.17, 15) is 5.11 Å². The lowest BCUT2D eigenvalue weighted by molar-refractivity contribution is -0.108. The van der Waals surface area contributed by atoms with Crippen LogP contribution in [0, 0.1) is 0 Å². The van der Waals surface area contributed by atoms with Gasteiger partial charge in [-0.05, 0) is 31.4 Å². The Morgan fingerprint density at radius 1 is 1.33 bits per heavy atom. The molecule has 0 spiro atoms. The topological polar surface area (TPSA) is 32.7 Å². The summed E-state index contributed by atoms with van der Waals surface area (Å²) in [6.45, 7) is 6.80. The number of aliphatic hydroxyl groups is 1. The van der Waals surface area contributed by atoms with Gasteiger partial charge in [0.1, 0.15) is 0 Å². The van der Waals surface area contributed by atoms with Crippen molar-refractivity contribution in [1.29, 1.82) is 0 Å². The fourth-order valence-corrected chi connectivity index (χ4v) is 3.22. The SMILES string of the molecule is CC1(C)CN(C2Cc3ccccc3C2O)CCO1. The standard InChI is InChI=1S/C15H21NO2/c1-15(2)10-16(7-8-18-15)13-9-11-5-3-4-6-12(11)14(13)17/h3-6,13-14,17H,7-10H2,1-2H3. The summed E-state index contributed by atoms with van der Waals surface area (Å²) in [5, 5.41) is 10.5. The van der Waals surface area contributed by atoms with Crippen LogP contribution in [0.3, 0.4) is 0 Å². The van der Waals surface area contributed by atoms with Gasteiger partial charge in [-0.25, -0.2) is 0 Å². The molecule has 0 radical (unpaired) electrons. The van der Waals surface area contributed by atoms with Gasteiger partial charge >= 0.3 is 0 Å². The van der Waals surface area contributed by atoms with Crippen molar-refractivity contribution in [2.24, 2.45) is 0 Å². The molecule has 2 aliphatic rings. The highest BCUT2D eigenvalue weighted by Crippen LogP contribution is 2.35. The first-order valence-electron chi connectivity index (χ1n) is 6.71. The molecule has 0 saturated carbocycles. The Hall–Kier alpha value is -0.900. The molecule has 1 heterocycles. The smallest absolute Gasteiger partial charge is 0.0951 e. The Morgan fingerprint density at radius 3 is 2.83 bits per heavy atom. The van der Waals surface area contributed by atoms with Gasteiger partial charge in [-0.1, -0.05) is 24.3 Å². The van der Waals surface area contributed by atoms with Crippen LogP contribution in [0.4, 0.5) is 0 Å². The van der Waals surface area contributed by atoms with Crippen LogP contribution in [0.25, 0.3) is 0 Å². The zero-order valence-electron chi connectivity index (χ0n) is 11.1. The van der Waals surface area contributed by atoms with E-state index in [0.717, 1.165) is 31.7 Å². The average molecular weight is 247 g/mol. The quantitative estimate of drug-likeness (QED) is 0.820. The first-order chi connectivity index (χ1) is 8.57. The van der Waals surface area contributed by atoms with Crippen molar-refractivity contribution in [2.75, 3.05) is 19.7 Å². The molecule has 98 valence electrons. The van der Waals surface area contributed by atoms with E-state index in [1.165, 1.54) is 5.56 Å². The lowest BCUT2D eigenvalue weighted by Crippen LogP contribution is -2.53. The van der Waals surface area contributed by atoms with Crippen LogP contribution in [-0.4, -0.2) is 41.3 Å². The molecule has 1 aromatic carbocycles. The number of hydrogen-bond acceptors (Lipinski definition) is 3. The number of ether oxygens (including phenoxy) is 1. The van der Waals surface area contributed by atoms with Crippen LogP contribution in [0.1, 0.15) is 31.1 Å². The number of fused-ring (bicyclic) bond motifs is 1. The van der Waals surface area contributed by atoms with Gasteiger partial charge in [-0.3, -0.25) is 4.90 Å². The molecule has 0 amide bonds. The lowest BCUT2D eigenvalue weighted by Gasteiger charge is -2.42. The minimum atomic E-state index is -0.352. The molecule has 0 bridgehead atoms. The first-order valence-corrected chi connectivity index (χ1v) is 6.71. The Balaban J connectivity index is 1.80. The number of aliphatic hydroxyl groups excluding tert-OH is 1. The third-order valence-corrected chi connectivity index (χ3v) is 4.09. The molecular weight excluding hydrogens is 226 g/mol. The maximum atomic E-state index is 10.5. The molecule has 3 heteroatoms. The van der Waals surface area contributed by atoms with Crippen molar-refractivity contribution in [1.82, 2.24) is 4.90 Å². The van der Waals surface area contributed by atoms with Crippen LogP contribution in [0.15, 0.2) is 24.3 Å². The highest BCUT2D eigenvalue weighted by molar-refractivity contribution is 5.36. The van der Waals surface area contributed by atoms with Gasteiger partial charge in [-0.2, -0.15) is 0 Å². The van der Waals surface area contributed by atoms with Crippen molar-refractivity contribution in [3.63, 3.8) is 0 Å². The normalized spacial score (nSPS) is 31.3. The zero-order valence-corrected chi connectivity index (χ0v) is 11.1. The Bertz CT molecular complexity index is 444. The highest BCUT2D eigenvalue weighted by atomic mass is 16.5. The Kier molecular flexibility index (Phi) is 2.93. The van der Waals surface area contributed by atoms with Gasteiger partial charge < -0.3 is 9.84 Å². The van der Waals surface area contributed by atoms with E-state index in [1.807, 2.05) is 12.1 Å². The van der Waals surface area contributed by atoms with Crippen molar-refractivity contribution >= 4 is 0 Å². The molecule has 1 fully saturated rings. The molecule has 18 heavy (non-hydrogen) atoms. The van der Waals surface area contributed by atoms with Crippen LogP contribution in [0.5, 0.6) is 0 Å². The second-order valence-corrected chi connectivity index (χ2v) is 5.99. The fourth-order valence-electron chi connectivity index (χ4n) is 3.22. The predicted molar refractivity (Wildman–Crippen MR) is 70.5 cm³/mol. The Morgan fingerprint density at radius 2 is 2.11 bits per heavy atom. The predicted octanol–water partition coefficient (Wildman–Crippen LogP) is 1.76. The summed E-state index contributed by atoms with van der Waals surface area (Å²) in [7, 11) is 0. The van der Waals surface area contributed by atoms with Gasteiger partial charge in [0.05, 0.1) is 18.3 Å². The summed E-state index contributed by atoms with van der Waals surface area (Å²) in [5.41, 5.74) is 2.29. The molecule has 1 aliphatic carbocycles. The molecule has 1 saturated heterocycles. The van der Waals surface area contributed by atoms with Crippen LogP contribution < -0.4 is 0 Å². The van der Waals surface area contributed by atoms with E-state index in [2.05, 4.69) is 30.9 Å². The number of hydrogen-bond donors (Lipinski definition) is 1. The van der Waals surface area contributed by atoms with E-state index in [1.54, 1.807) is 0 Å². The van der Waals surface area contributed by atoms with Crippen molar-refractivity contribution in [2.45, 2.75) is 38.0 Å². The molecule has 2 unspecified atom stereocenters. The number of nitrogens with zero attached hydrogens (tertiary/aromatic N) is 1. The maximum absolute atomic E-state index is 10.5. The van der Waals surface area contributed by atoms with Crippen LogP contribution >= 0.6 is 0 Å². The van der Waals surface area contributed by atoms with Gasteiger partial charge in [0.2, 0.25) is 0 Å². The molecule has 3 rings (SSSR count). The lowest BCUT2D eigenvalue weighted by atomic mass is 10.0. The number of rotatable bonds is 1. The highest BCUT2D eigenvalue weighted by Gasteiger charge is 2.38. The minimum absolute atomic E-state index is 0.104. The fraction of sp³-hybridized carbons (Fsp3) is 0.600. The van der Waals surface area contributed by atoms with E-state index in [0.29, 0.717) is 0 Å². The molecular formula is C15H21NO2. The van der Waals surface area contributed by atoms with Crippen molar-refractivity contribution < 1.29 is 9.84 Å². The monoisotopic (exact) mass is 247 g/mol. The third kappa shape index (κ3) is 2.07. The van der Waals surface area contributed by atoms with Crippen molar-refractivity contribution in [3.8, 4) is 0 Å². The van der Waals surface area contributed by atoms with Crippen LogP contribution in [0.2, 0.25) is 0 Å². The molecule has 0 aromatic heterocycles. The minimum Gasteiger partial charge on any atom is -0.387 e. The van der Waals surface area contributed by atoms with E-state index in [-0.39, 0.29) is 17.7 Å². The zero-order chi connectivity index (χ0) is 12.8. The summed E-state index contributed by atoms with van der Waals surface area (Å²) in [4.78, 5) is 2.38. The number of benzene rings is 1. The average Bonchev–Trinajstić information content (AvgIpc) is 2.66. The molecule has 3 nitrogen and oxygen atoms in total. The van der Waals surface area contributed by atoms with Gasteiger partial charge in [0, 0.05) is 19.1 Å². The summed E-state index contributed by atoms with van der Waals surface area (Å²) >= 11 is 0. The summed E-state index contributed by atoms with van der Waals surface area (Å²) in [5.74, 6) is 0. The molecule has 2 atom stereocenters. The first kappa shape index (κ1) is 12.2. The summed E-state index contributed by atoms with van der Waals surface area (Å²) in [6.07, 6.45) is 0.600. The van der Waals surface area contributed by atoms with Gasteiger partial charge in [-0.15, -0.1) is 0 Å². The van der Waals surface area contributed by atoms with E-state index >= 15 is 0 Å². The molecule has 1 N–H and O–H groups in total. The molecule has 1 aliphatic heterocycles. The Labute approximate surface area is 108 Å². The van der Waals surface area contributed by atoms with E-state index in [4.69, 9.17) is 4.74 Å².